The Kier molecular flexibility index (Phi) is 17.1. The van der Waals surface area contributed by atoms with E-state index in [9.17, 15) is 0 Å². The molecular weight excluding hydrogens is 853 g/mol. The number of hydrogen-bond donors (Lipinski definition) is 0. The molecule has 8 aromatic carbocycles. The van der Waals surface area contributed by atoms with Crippen molar-refractivity contribution in [2.24, 2.45) is 5.92 Å². The Morgan fingerprint density at radius 2 is 1.01 bits per heavy atom. The summed E-state index contributed by atoms with van der Waals surface area (Å²) in [6, 6.07) is 70.5. The van der Waals surface area contributed by atoms with Crippen molar-refractivity contribution < 1.29 is 0 Å². The highest BCUT2D eigenvalue weighted by molar-refractivity contribution is 5.87. The first kappa shape index (κ1) is 49.9. The number of fused-ring (bicyclic) bond motifs is 4. The minimum absolute atomic E-state index is 0.534. The highest BCUT2D eigenvalue weighted by atomic mass is 14.3. The molecule has 0 amide bonds. The zero-order valence-electron chi connectivity index (χ0n) is 43.0. The standard InChI is InChI=1S/C35H30.C21H22.C13H12.C2H6/c1-3-24(2)25-13-15-27(16-14-25)32-20-31(26-9-5-4-6-10-26)21-33(22-32)28-17-18-30-19-29-11-7-8-12-34(29)35(30)23-28;1-3-4-8-21-19(14-17-12-10-16(2)11-13-17)15-18-7-5-6-9-20(18)21;1-11-7-9-13(10-8-11)12-5-3-2-4-6-12;1-2/h4-18,20-24H,3,19H2,1-2H3;3-12,14,17H,13,15H2,1-2H3;2-10H,1H3;1-2H3/b;4-3-,19-14+,21-8+;;. The Morgan fingerprint density at radius 1 is 0.507 bits per heavy atom. The van der Waals surface area contributed by atoms with E-state index in [1.807, 2.05) is 19.9 Å². The van der Waals surface area contributed by atoms with Crippen LogP contribution >= 0.6 is 0 Å². The third kappa shape index (κ3) is 12.4. The molecule has 0 bridgehead atoms. The first-order valence-corrected chi connectivity index (χ1v) is 25.9. The third-order valence-corrected chi connectivity index (χ3v) is 14.0. The molecule has 11 rings (SSSR count). The Bertz CT molecular complexity index is 3170. The van der Waals surface area contributed by atoms with Crippen LogP contribution in [0.3, 0.4) is 0 Å². The van der Waals surface area contributed by atoms with Crippen LogP contribution in [0.2, 0.25) is 0 Å². The molecule has 0 nitrogen and oxygen atoms in total. The van der Waals surface area contributed by atoms with Crippen LogP contribution in [0.25, 0.3) is 61.2 Å². The molecule has 2 unspecified atom stereocenters. The van der Waals surface area contributed by atoms with Gasteiger partial charge in [0.05, 0.1) is 0 Å². The van der Waals surface area contributed by atoms with Crippen molar-refractivity contribution in [1.82, 2.24) is 0 Å². The van der Waals surface area contributed by atoms with E-state index >= 15 is 0 Å². The Balaban J connectivity index is 0.000000158. The number of hydrogen-bond acceptors (Lipinski definition) is 0. The van der Waals surface area contributed by atoms with Gasteiger partial charge in [-0.05, 0) is 177 Å². The van der Waals surface area contributed by atoms with Crippen molar-refractivity contribution in [2.45, 2.75) is 80.1 Å². The molecule has 0 fully saturated rings. The first-order valence-electron chi connectivity index (χ1n) is 25.9. The number of aryl methyl sites for hydroxylation is 1. The van der Waals surface area contributed by atoms with Gasteiger partial charge in [0, 0.05) is 0 Å². The van der Waals surface area contributed by atoms with Crippen LogP contribution in [0.5, 0.6) is 0 Å². The molecule has 8 aromatic rings. The van der Waals surface area contributed by atoms with Crippen molar-refractivity contribution in [3.8, 4) is 55.6 Å². The van der Waals surface area contributed by atoms with Crippen molar-refractivity contribution in [2.75, 3.05) is 0 Å². The lowest BCUT2D eigenvalue weighted by Gasteiger charge is -2.14. The predicted octanol–water partition coefficient (Wildman–Crippen LogP) is 20.1. The van der Waals surface area contributed by atoms with Gasteiger partial charge in [0.1, 0.15) is 0 Å². The molecule has 0 aliphatic heterocycles. The van der Waals surface area contributed by atoms with E-state index in [0.29, 0.717) is 11.8 Å². The van der Waals surface area contributed by atoms with E-state index in [-0.39, 0.29) is 0 Å². The maximum atomic E-state index is 2.45. The number of benzene rings is 8. The molecule has 0 heteroatoms. The van der Waals surface area contributed by atoms with Gasteiger partial charge in [0.15, 0.2) is 0 Å². The van der Waals surface area contributed by atoms with E-state index in [4.69, 9.17) is 0 Å². The summed E-state index contributed by atoms with van der Waals surface area (Å²) >= 11 is 0. The van der Waals surface area contributed by atoms with Gasteiger partial charge >= 0.3 is 0 Å². The van der Waals surface area contributed by atoms with E-state index in [0.717, 1.165) is 25.7 Å². The summed E-state index contributed by atoms with van der Waals surface area (Å²) in [6.45, 7) is 14.9. The largest absolute Gasteiger partial charge is 0.0876 e. The third-order valence-electron chi connectivity index (χ3n) is 14.0. The van der Waals surface area contributed by atoms with Crippen LogP contribution in [-0.4, -0.2) is 0 Å². The molecule has 3 aliphatic rings. The molecule has 0 saturated heterocycles. The molecule has 0 saturated carbocycles. The van der Waals surface area contributed by atoms with Crippen LogP contribution in [0.4, 0.5) is 0 Å². The monoisotopic (exact) mass is 923 g/mol. The molecule has 71 heavy (non-hydrogen) atoms. The van der Waals surface area contributed by atoms with Crippen LogP contribution in [0.1, 0.15) is 93.7 Å². The molecular formula is C71H70. The van der Waals surface area contributed by atoms with Gasteiger partial charge in [-0.3, -0.25) is 0 Å². The maximum Gasteiger partial charge on any atom is -0.000939 e. The van der Waals surface area contributed by atoms with Gasteiger partial charge < -0.3 is 0 Å². The zero-order valence-corrected chi connectivity index (χ0v) is 43.0. The van der Waals surface area contributed by atoms with Gasteiger partial charge in [-0.25, -0.2) is 0 Å². The van der Waals surface area contributed by atoms with Gasteiger partial charge in [0.2, 0.25) is 0 Å². The average molecular weight is 923 g/mol. The minimum Gasteiger partial charge on any atom is -0.0876 e. The van der Waals surface area contributed by atoms with Crippen molar-refractivity contribution >= 4 is 5.57 Å². The molecule has 0 N–H and O–H groups in total. The van der Waals surface area contributed by atoms with E-state index in [1.54, 1.807) is 0 Å². The van der Waals surface area contributed by atoms with Crippen molar-refractivity contribution in [3.63, 3.8) is 0 Å². The molecule has 0 heterocycles. The summed E-state index contributed by atoms with van der Waals surface area (Å²) < 4.78 is 0. The van der Waals surface area contributed by atoms with Gasteiger partial charge in [-0.1, -0.05) is 251 Å². The second-order valence-corrected chi connectivity index (χ2v) is 18.9. The average Bonchev–Trinajstić information content (AvgIpc) is 3.99. The van der Waals surface area contributed by atoms with Crippen LogP contribution in [-0.2, 0) is 12.8 Å². The Morgan fingerprint density at radius 3 is 1.62 bits per heavy atom. The summed E-state index contributed by atoms with van der Waals surface area (Å²) in [5, 5.41) is 0. The van der Waals surface area contributed by atoms with Gasteiger partial charge in [-0.15, -0.1) is 0 Å². The lowest BCUT2D eigenvalue weighted by Crippen LogP contribution is -1.97. The smallest absolute Gasteiger partial charge is 0.000939 e. The molecule has 0 spiro atoms. The topological polar surface area (TPSA) is 0 Å². The second kappa shape index (κ2) is 24.3. The molecule has 0 aromatic heterocycles. The molecule has 0 radical (unpaired) electrons. The van der Waals surface area contributed by atoms with E-state index < -0.39 is 0 Å². The minimum atomic E-state index is 0.534. The Labute approximate surface area is 426 Å². The quantitative estimate of drug-likeness (QED) is 0.142. The first-order chi connectivity index (χ1) is 34.8. The van der Waals surface area contributed by atoms with E-state index in [2.05, 4.69) is 265 Å². The van der Waals surface area contributed by atoms with Gasteiger partial charge in [0.25, 0.3) is 0 Å². The summed E-state index contributed by atoms with van der Waals surface area (Å²) in [7, 11) is 0. The van der Waals surface area contributed by atoms with Crippen LogP contribution in [0, 0.1) is 12.8 Å². The fourth-order valence-corrected chi connectivity index (χ4v) is 9.75. The predicted molar refractivity (Wildman–Crippen MR) is 310 cm³/mol. The summed E-state index contributed by atoms with van der Waals surface area (Å²) in [4.78, 5) is 0. The highest BCUT2D eigenvalue weighted by Gasteiger charge is 2.22. The highest BCUT2D eigenvalue weighted by Crippen LogP contribution is 2.41. The zero-order chi connectivity index (χ0) is 49.5. The number of rotatable bonds is 8. The lowest BCUT2D eigenvalue weighted by molar-refractivity contribution is 0.734. The second-order valence-electron chi connectivity index (χ2n) is 18.9. The maximum absolute atomic E-state index is 2.45. The van der Waals surface area contributed by atoms with Crippen molar-refractivity contribution in [1.29, 1.82) is 0 Å². The normalized spacial score (nSPS) is 15.5. The van der Waals surface area contributed by atoms with Crippen molar-refractivity contribution in [3.05, 3.63) is 281 Å². The molecule has 354 valence electrons. The van der Waals surface area contributed by atoms with Crippen LogP contribution in [0.15, 0.2) is 248 Å². The fraction of sp³-hybridized carbons (Fsp3) is 0.183. The Hall–Kier alpha value is -7.54. The van der Waals surface area contributed by atoms with Gasteiger partial charge in [-0.2, -0.15) is 0 Å². The van der Waals surface area contributed by atoms with E-state index in [1.165, 1.54) is 106 Å². The number of allylic oxidation sites excluding steroid dienone is 10. The summed E-state index contributed by atoms with van der Waals surface area (Å²) in [6.07, 6.45) is 20.2. The molecule has 2 atom stereocenters. The van der Waals surface area contributed by atoms with Crippen LogP contribution < -0.4 is 0 Å². The summed E-state index contributed by atoms with van der Waals surface area (Å²) in [5.41, 5.74) is 25.5. The SMILES string of the molecule is CC.CCC(C)c1ccc(-c2cc(-c3ccccc3)cc(-c3ccc4c(c3)-c3ccccc3C4)c2)cc1.C\C=C/C=C1\C(=C\C2C=CC(C)=CC2)Cc2ccccc21.Cc1ccc(-c2ccccc2)cc1. The summed E-state index contributed by atoms with van der Waals surface area (Å²) in [5.74, 6) is 1.12. The lowest BCUT2D eigenvalue weighted by atomic mass is 9.91. The fourth-order valence-electron chi connectivity index (χ4n) is 9.75. The molecule has 3 aliphatic carbocycles.